The van der Waals surface area contributed by atoms with E-state index in [1.807, 2.05) is 61.3 Å². The van der Waals surface area contributed by atoms with Crippen LogP contribution in [0.4, 0.5) is 5.69 Å². The molecule has 0 unspecified atom stereocenters. The lowest BCUT2D eigenvalue weighted by atomic mass is 9.94. The second-order valence-corrected chi connectivity index (χ2v) is 9.27. The van der Waals surface area contributed by atoms with E-state index in [-0.39, 0.29) is 17.9 Å². The van der Waals surface area contributed by atoms with Gasteiger partial charge < -0.3 is 15.1 Å². The maximum Gasteiger partial charge on any atom is 0.255 e. The number of rotatable bonds is 5. The van der Waals surface area contributed by atoms with Crippen molar-refractivity contribution in [2.75, 3.05) is 25.0 Å². The number of carbonyl (C=O) groups is 2. The standard InChI is InChI=1S/C27H35N3O2/c1-20-10-6-7-13-23(20)26(31)28-21-16-18-30(19-17-21)25-15-9-8-14-24(25)27(32)29(2)22-11-4-3-5-12-22/h6-10,13-15,21-22H,3-5,11-12,16-19H2,1-2H3,(H,28,31). The van der Waals surface area contributed by atoms with Crippen molar-refractivity contribution in [3.05, 3.63) is 65.2 Å². The van der Waals surface area contributed by atoms with Crippen molar-refractivity contribution in [3.63, 3.8) is 0 Å². The average molecular weight is 434 g/mol. The van der Waals surface area contributed by atoms with Crippen molar-refractivity contribution in [1.82, 2.24) is 10.2 Å². The van der Waals surface area contributed by atoms with Gasteiger partial charge >= 0.3 is 0 Å². The van der Waals surface area contributed by atoms with Crippen molar-refractivity contribution in [1.29, 1.82) is 0 Å². The van der Waals surface area contributed by atoms with E-state index in [9.17, 15) is 9.59 Å². The number of carbonyl (C=O) groups excluding carboxylic acids is 2. The Morgan fingerprint density at radius 3 is 2.19 bits per heavy atom. The first-order valence-electron chi connectivity index (χ1n) is 12.0. The summed E-state index contributed by atoms with van der Waals surface area (Å²) < 4.78 is 0. The predicted octanol–water partition coefficient (Wildman–Crippen LogP) is 4.80. The maximum atomic E-state index is 13.3. The zero-order valence-electron chi connectivity index (χ0n) is 19.3. The Morgan fingerprint density at radius 2 is 1.50 bits per heavy atom. The average Bonchev–Trinajstić information content (AvgIpc) is 2.84. The molecule has 2 fully saturated rings. The smallest absolute Gasteiger partial charge is 0.255 e. The Kier molecular flexibility index (Phi) is 7.13. The number of nitrogens with zero attached hydrogens (tertiary/aromatic N) is 2. The van der Waals surface area contributed by atoms with E-state index in [0.29, 0.717) is 6.04 Å². The van der Waals surface area contributed by atoms with Crippen LogP contribution in [0.2, 0.25) is 0 Å². The Hall–Kier alpha value is -2.82. The molecule has 1 aliphatic carbocycles. The van der Waals surface area contributed by atoms with Gasteiger partial charge in [0.2, 0.25) is 0 Å². The minimum Gasteiger partial charge on any atom is -0.371 e. The molecule has 0 bridgehead atoms. The number of amides is 2. The third-order valence-corrected chi connectivity index (χ3v) is 7.14. The van der Waals surface area contributed by atoms with Crippen LogP contribution in [0.3, 0.4) is 0 Å². The predicted molar refractivity (Wildman–Crippen MR) is 129 cm³/mol. The summed E-state index contributed by atoms with van der Waals surface area (Å²) in [6.07, 6.45) is 7.67. The fourth-order valence-electron chi connectivity index (χ4n) is 5.11. The summed E-state index contributed by atoms with van der Waals surface area (Å²) in [5.41, 5.74) is 3.56. The molecule has 2 aliphatic rings. The molecule has 1 N–H and O–H groups in total. The number of benzene rings is 2. The number of hydrogen-bond acceptors (Lipinski definition) is 3. The molecule has 1 saturated heterocycles. The van der Waals surface area contributed by atoms with E-state index in [1.54, 1.807) is 0 Å². The first kappa shape index (κ1) is 22.4. The van der Waals surface area contributed by atoms with Gasteiger partial charge in [-0.2, -0.15) is 0 Å². The molecule has 170 valence electrons. The summed E-state index contributed by atoms with van der Waals surface area (Å²) in [7, 11) is 1.96. The van der Waals surface area contributed by atoms with Crippen LogP contribution in [0, 0.1) is 6.92 Å². The number of anilines is 1. The number of hydrogen-bond donors (Lipinski definition) is 1. The van der Waals surface area contributed by atoms with E-state index >= 15 is 0 Å². The summed E-state index contributed by atoms with van der Waals surface area (Å²) in [4.78, 5) is 30.3. The molecule has 0 atom stereocenters. The third kappa shape index (κ3) is 4.98. The van der Waals surface area contributed by atoms with Crippen LogP contribution < -0.4 is 10.2 Å². The molecule has 1 aliphatic heterocycles. The normalized spacial score (nSPS) is 17.8. The highest BCUT2D eigenvalue weighted by Crippen LogP contribution is 2.28. The van der Waals surface area contributed by atoms with E-state index < -0.39 is 0 Å². The molecule has 2 aromatic carbocycles. The highest BCUT2D eigenvalue weighted by Gasteiger charge is 2.28. The lowest BCUT2D eigenvalue weighted by Gasteiger charge is -2.36. The van der Waals surface area contributed by atoms with Crippen molar-refractivity contribution in [3.8, 4) is 0 Å². The summed E-state index contributed by atoms with van der Waals surface area (Å²) in [5.74, 6) is 0.133. The van der Waals surface area contributed by atoms with Gasteiger partial charge in [0, 0.05) is 43.5 Å². The molecule has 2 aromatic rings. The molecule has 0 radical (unpaired) electrons. The molecule has 1 saturated carbocycles. The fraction of sp³-hybridized carbons (Fsp3) is 0.481. The van der Waals surface area contributed by atoms with Gasteiger partial charge in [0.15, 0.2) is 0 Å². The van der Waals surface area contributed by atoms with Crippen LogP contribution in [0.15, 0.2) is 48.5 Å². The molecule has 4 rings (SSSR count). The maximum absolute atomic E-state index is 13.3. The SMILES string of the molecule is Cc1ccccc1C(=O)NC1CCN(c2ccccc2C(=O)N(C)C2CCCCC2)CC1. The summed E-state index contributed by atoms with van der Waals surface area (Å²) >= 11 is 0. The molecular formula is C27H35N3O2. The van der Waals surface area contributed by atoms with Gasteiger partial charge in [0.1, 0.15) is 0 Å². The highest BCUT2D eigenvalue weighted by molar-refractivity contribution is 6.00. The van der Waals surface area contributed by atoms with Crippen LogP contribution in [-0.2, 0) is 0 Å². The van der Waals surface area contributed by atoms with Gasteiger partial charge in [-0.05, 0) is 56.4 Å². The lowest BCUT2D eigenvalue weighted by molar-refractivity contribution is 0.0696. The minimum atomic E-state index is 0.00577. The van der Waals surface area contributed by atoms with Crippen LogP contribution in [0.1, 0.15) is 71.2 Å². The first-order chi connectivity index (χ1) is 15.5. The van der Waals surface area contributed by atoms with Gasteiger partial charge in [0.25, 0.3) is 11.8 Å². The monoisotopic (exact) mass is 433 g/mol. The van der Waals surface area contributed by atoms with Crippen molar-refractivity contribution < 1.29 is 9.59 Å². The summed E-state index contributed by atoms with van der Waals surface area (Å²) in [5, 5.41) is 3.21. The topological polar surface area (TPSA) is 52.7 Å². The summed E-state index contributed by atoms with van der Waals surface area (Å²) in [6.45, 7) is 3.63. The minimum absolute atomic E-state index is 0.00577. The zero-order valence-corrected chi connectivity index (χ0v) is 19.3. The quantitative estimate of drug-likeness (QED) is 0.737. The molecule has 32 heavy (non-hydrogen) atoms. The number of aryl methyl sites for hydroxylation is 1. The van der Waals surface area contributed by atoms with Crippen LogP contribution in [0.5, 0.6) is 0 Å². The van der Waals surface area contributed by atoms with Crippen LogP contribution in [-0.4, -0.2) is 48.9 Å². The third-order valence-electron chi connectivity index (χ3n) is 7.14. The number of para-hydroxylation sites is 1. The van der Waals surface area contributed by atoms with E-state index in [2.05, 4.69) is 16.3 Å². The Labute approximate surface area is 191 Å². The molecule has 1 heterocycles. The van der Waals surface area contributed by atoms with Crippen LogP contribution >= 0.6 is 0 Å². The zero-order chi connectivity index (χ0) is 22.5. The number of piperidine rings is 1. The molecule has 5 nitrogen and oxygen atoms in total. The molecular weight excluding hydrogens is 398 g/mol. The van der Waals surface area contributed by atoms with Gasteiger partial charge in [-0.25, -0.2) is 0 Å². The van der Waals surface area contributed by atoms with Crippen LogP contribution in [0.25, 0.3) is 0 Å². The van der Waals surface area contributed by atoms with Crippen molar-refractivity contribution >= 4 is 17.5 Å². The second kappa shape index (κ2) is 10.2. The van der Waals surface area contributed by atoms with Crippen molar-refractivity contribution in [2.24, 2.45) is 0 Å². The highest BCUT2D eigenvalue weighted by atomic mass is 16.2. The van der Waals surface area contributed by atoms with Gasteiger partial charge in [-0.15, -0.1) is 0 Å². The van der Waals surface area contributed by atoms with Gasteiger partial charge in [-0.3, -0.25) is 9.59 Å². The largest absolute Gasteiger partial charge is 0.371 e. The van der Waals surface area contributed by atoms with Gasteiger partial charge in [0.05, 0.1) is 5.56 Å². The van der Waals surface area contributed by atoms with Crippen molar-refractivity contribution in [2.45, 2.75) is 64.0 Å². The molecule has 2 amide bonds. The van der Waals surface area contributed by atoms with E-state index in [1.165, 1.54) is 19.3 Å². The van der Waals surface area contributed by atoms with E-state index in [4.69, 9.17) is 0 Å². The van der Waals surface area contributed by atoms with E-state index in [0.717, 1.165) is 61.2 Å². The second-order valence-electron chi connectivity index (χ2n) is 9.27. The Balaban J connectivity index is 1.39. The number of nitrogens with one attached hydrogen (secondary N) is 1. The lowest BCUT2D eigenvalue weighted by Crippen LogP contribution is -2.45. The fourth-order valence-corrected chi connectivity index (χ4v) is 5.11. The van der Waals surface area contributed by atoms with Gasteiger partial charge in [-0.1, -0.05) is 49.6 Å². The first-order valence-corrected chi connectivity index (χ1v) is 12.0. The molecule has 0 aromatic heterocycles. The Morgan fingerprint density at radius 1 is 0.875 bits per heavy atom. The summed E-state index contributed by atoms with van der Waals surface area (Å²) in [6, 6.07) is 16.2. The Bertz CT molecular complexity index is 943. The molecule has 0 spiro atoms. The molecule has 5 heteroatoms.